The summed E-state index contributed by atoms with van der Waals surface area (Å²) in [6.07, 6.45) is 2.95. The Hall–Kier alpha value is -2.73. The van der Waals surface area contributed by atoms with Gasteiger partial charge in [-0.25, -0.2) is 0 Å². The molecule has 0 bridgehead atoms. The molecule has 0 saturated carbocycles. The number of hydrogen-bond acceptors (Lipinski definition) is 4. The predicted octanol–water partition coefficient (Wildman–Crippen LogP) is 3.66. The number of benzene rings is 2. The first-order valence-corrected chi connectivity index (χ1v) is 10.5. The van der Waals surface area contributed by atoms with Gasteiger partial charge in [0.15, 0.2) is 0 Å². The van der Waals surface area contributed by atoms with Crippen molar-refractivity contribution in [1.29, 1.82) is 0 Å². The van der Waals surface area contributed by atoms with Crippen molar-refractivity contribution >= 4 is 23.4 Å². The van der Waals surface area contributed by atoms with Crippen LogP contribution in [0.25, 0.3) is 0 Å². The van der Waals surface area contributed by atoms with Crippen LogP contribution in [0.1, 0.15) is 35.2 Å². The highest BCUT2D eigenvalue weighted by atomic mass is 35.5. The van der Waals surface area contributed by atoms with Gasteiger partial charge in [-0.2, -0.15) is 0 Å². The van der Waals surface area contributed by atoms with Crippen LogP contribution in [0.5, 0.6) is 11.5 Å². The fourth-order valence-electron chi connectivity index (χ4n) is 3.67. The highest BCUT2D eigenvalue weighted by Crippen LogP contribution is 2.26. The number of phenolic OH excluding ortho intramolecular Hbond substituents is 1. The first-order chi connectivity index (χ1) is 14.5. The number of aromatic hydroxyl groups is 1. The normalized spacial score (nSPS) is 14.4. The number of carbonyl (C=O) groups is 2. The molecule has 0 aliphatic carbocycles. The maximum absolute atomic E-state index is 12.8. The third kappa shape index (κ3) is 5.66. The van der Waals surface area contributed by atoms with E-state index in [4.69, 9.17) is 16.3 Å². The van der Waals surface area contributed by atoms with Crippen molar-refractivity contribution in [1.82, 2.24) is 10.2 Å². The summed E-state index contributed by atoms with van der Waals surface area (Å²) < 4.78 is 5.28. The second-order valence-electron chi connectivity index (χ2n) is 7.47. The van der Waals surface area contributed by atoms with Crippen LogP contribution in [0.3, 0.4) is 0 Å². The van der Waals surface area contributed by atoms with Gasteiger partial charge in [-0.15, -0.1) is 0 Å². The number of amides is 2. The summed E-state index contributed by atoms with van der Waals surface area (Å²) in [4.78, 5) is 27.1. The monoisotopic (exact) mass is 430 g/mol. The van der Waals surface area contributed by atoms with E-state index in [1.54, 1.807) is 35.2 Å². The molecule has 3 rings (SSSR count). The van der Waals surface area contributed by atoms with Crippen LogP contribution in [0.15, 0.2) is 42.5 Å². The molecule has 2 aromatic rings. The molecule has 1 aliphatic rings. The van der Waals surface area contributed by atoms with Crippen LogP contribution in [-0.2, 0) is 11.2 Å². The standard InChI is InChI=1S/C23H27ClN2O4/c1-30-21-9-6-18(24)15-20(21)23(29)26-13-10-17(11-14-26)22(28)25-12-2-3-16-4-7-19(27)8-5-16/h4-9,15,17,27H,2-3,10-14H2,1H3,(H,25,28). The molecule has 2 aromatic carbocycles. The average molecular weight is 431 g/mol. The Labute approximate surface area is 181 Å². The number of phenols is 1. The van der Waals surface area contributed by atoms with Crippen molar-refractivity contribution in [3.8, 4) is 11.5 Å². The molecule has 30 heavy (non-hydrogen) atoms. The van der Waals surface area contributed by atoms with Gasteiger partial charge in [0.2, 0.25) is 5.91 Å². The number of likely N-dealkylation sites (tertiary alicyclic amines) is 1. The third-order valence-corrected chi connectivity index (χ3v) is 5.66. The van der Waals surface area contributed by atoms with Gasteiger partial charge in [-0.05, 0) is 61.6 Å². The largest absolute Gasteiger partial charge is 0.508 e. The first kappa shape index (κ1) is 22.0. The van der Waals surface area contributed by atoms with Crippen molar-refractivity contribution in [2.24, 2.45) is 5.92 Å². The fourth-order valence-corrected chi connectivity index (χ4v) is 3.85. The lowest BCUT2D eigenvalue weighted by Crippen LogP contribution is -2.43. The third-order valence-electron chi connectivity index (χ3n) is 5.42. The number of rotatable bonds is 7. The second-order valence-corrected chi connectivity index (χ2v) is 7.91. The van der Waals surface area contributed by atoms with Gasteiger partial charge >= 0.3 is 0 Å². The molecule has 1 aliphatic heterocycles. The predicted molar refractivity (Wildman–Crippen MR) is 116 cm³/mol. The smallest absolute Gasteiger partial charge is 0.257 e. The molecule has 1 heterocycles. The Bertz CT molecular complexity index is 877. The number of nitrogens with zero attached hydrogens (tertiary/aromatic N) is 1. The van der Waals surface area contributed by atoms with Crippen molar-refractivity contribution in [3.63, 3.8) is 0 Å². The maximum Gasteiger partial charge on any atom is 0.257 e. The topological polar surface area (TPSA) is 78.9 Å². The number of piperidine rings is 1. The summed E-state index contributed by atoms with van der Waals surface area (Å²) in [5, 5.41) is 12.8. The van der Waals surface area contributed by atoms with Gasteiger partial charge in [-0.3, -0.25) is 9.59 Å². The molecule has 160 valence electrons. The van der Waals surface area contributed by atoms with Gasteiger partial charge in [-0.1, -0.05) is 23.7 Å². The Morgan fingerprint density at radius 3 is 2.53 bits per heavy atom. The van der Waals surface area contributed by atoms with E-state index in [9.17, 15) is 14.7 Å². The maximum atomic E-state index is 12.8. The van der Waals surface area contributed by atoms with E-state index in [2.05, 4.69) is 5.32 Å². The zero-order valence-corrected chi connectivity index (χ0v) is 17.8. The fraction of sp³-hybridized carbons (Fsp3) is 0.391. The summed E-state index contributed by atoms with van der Waals surface area (Å²) >= 11 is 6.04. The Balaban J connectivity index is 1.43. The van der Waals surface area contributed by atoms with Crippen molar-refractivity contribution in [2.75, 3.05) is 26.7 Å². The molecule has 6 nitrogen and oxygen atoms in total. The van der Waals surface area contributed by atoms with Gasteiger partial charge in [0.25, 0.3) is 5.91 Å². The summed E-state index contributed by atoms with van der Waals surface area (Å²) in [6, 6.07) is 12.1. The Morgan fingerprint density at radius 1 is 1.17 bits per heavy atom. The van der Waals surface area contributed by atoms with Crippen LogP contribution >= 0.6 is 11.6 Å². The zero-order valence-electron chi connectivity index (χ0n) is 17.1. The molecule has 0 spiro atoms. The first-order valence-electron chi connectivity index (χ1n) is 10.2. The van der Waals surface area contributed by atoms with Crippen molar-refractivity contribution < 1.29 is 19.4 Å². The van der Waals surface area contributed by atoms with Gasteiger partial charge in [0, 0.05) is 30.6 Å². The number of carbonyl (C=O) groups excluding carboxylic acids is 2. The van der Waals surface area contributed by atoms with Crippen LogP contribution in [-0.4, -0.2) is 48.6 Å². The number of hydrogen-bond donors (Lipinski definition) is 2. The molecule has 7 heteroatoms. The lowest BCUT2D eigenvalue weighted by Gasteiger charge is -2.31. The highest BCUT2D eigenvalue weighted by molar-refractivity contribution is 6.31. The van der Waals surface area contributed by atoms with Crippen molar-refractivity contribution in [3.05, 3.63) is 58.6 Å². The summed E-state index contributed by atoms with van der Waals surface area (Å²) in [6.45, 7) is 1.67. The molecule has 0 aromatic heterocycles. The highest BCUT2D eigenvalue weighted by Gasteiger charge is 2.28. The van der Waals surface area contributed by atoms with E-state index in [0.717, 1.165) is 18.4 Å². The number of ether oxygens (including phenoxy) is 1. The van der Waals surface area contributed by atoms with E-state index in [-0.39, 0.29) is 23.5 Å². The summed E-state index contributed by atoms with van der Waals surface area (Å²) in [5.41, 5.74) is 1.58. The minimum atomic E-state index is -0.123. The molecular formula is C23H27ClN2O4. The lowest BCUT2D eigenvalue weighted by atomic mass is 9.95. The van der Waals surface area contributed by atoms with E-state index < -0.39 is 0 Å². The SMILES string of the molecule is COc1ccc(Cl)cc1C(=O)N1CCC(C(=O)NCCCc2ccc(O)cc2)CC1. The number of nitrogens with one attached hydrogen (secondary N) is 1. The number of halogens is 1. The molecule has 1 fully saturated rings. The summed E-state index contributed by atoms with van der Waals surface area (Å²) in [5.74, 6) is 0.600. The molecule has 2 amide bonds. The summed E-state index contributed by atoms with van der Waals surface area (Å²) in [7, 11) is 1.53. The number of aryl methyl sites for hydroxylation is 1. The molecule has 0 unspecified atom stereocenters. The minimum Gasteiger partial charge on any atom is -0.508 e. The van der Waals surface area contributed by atoms with Crippen LogP contribution in [0.2, 0.25) is 5.02 Å². The van der Waals surface area contributed by atoms with Crippen LogP contribution in [0.4, 0.5) is 0 Å². The van der Waals surface area contributed by atoms with E-state index in [1.165, 1.54) is 7.11 Å². The quantitative estimate of drug-likeness (QED) is 0.657. The molecule has 0 radical (unpaired) electrons. The second kappa shape index (κ2) is 10.3. The van der Waals surface area contributed by atoms with Gasteiger partial charge in [0.05, 0.1) is 12.7 Å². The van der Waals surface area contributed by atoms with E-state index in [0.29, 0.717) is 48.8 Å². The van der Waals surface area contributed by atoms with E-state index in [1.807, 2.05) is 12.1 Å². The lowest BCUT2D eigenvalue weighted by molar-refractivity contribution is -0.126. The molecule has 1 saturated heterocycles. The molecule has 0 atom stereocenters. The Morgan fingerprint density at radius 2 is 1.87 bits per heavy atom. The van der Waals surface area contributed by atoms with Gasteiger partial charge in [0.1, 0.15) is 11.5 Å². The average Bonchev–Trinajstić information content (AvgIpc) is 2.77. The van der Waals surface area contributed by atoms with Crippen molar-refractivity contribution in [2.45, 2.75) is 25.7 Å². The molecular weight excluding hydrogens is 404 g/mol. The Kier molecular flexibility index (Phi) is 7.57. The van der Waals surface area contributed by atoms with Crippen LogP contribution in [0, 0.1) is 5.92 Å². The minimum absolute atomic E-state index is 0.0492. The zero-order chi connectivity index (χ0) is 21.5. The van der Waals surface area contributed by atoms with Gasteiger partial charge < -0.3 is 20.1 Å². The van der Waals surface area contributed by atoms with E-state index >= 15 is 0 Å². The van der Waals surface area contributed by atoms with Crippen LogP contribution < -0.4 is 10.1 Å². The molecule has 2 N–H and O–H groups in total. The number of methoxy groups -OCH3 is 1.